The molecular weight excluding hydrogens is 262 g/mol. The van der Waals surface area contributed by atoms with Crippen LogP contribution in [0.4, 0.5) is 0 Å². The van der Waals surface area contributed by atoms with Crippen LogP contribution in [0.15, 0.2) is 12.1 Å². The Morgan fingerprint density at radius 3 is 2.52 bits per heavy atom. The third-order valence-electron chi connectivity index (χ3n) is 3.71. The van der Waals surface area contributed by atoms with Crippen LogP contribution in [-0.2, 0) is 26.1 Å². The van der Waals surface area contributed by atoms with Gasteiger partial charge in [-0.2, -0.15) is 10.2 Å². The lowest BCUT2D eigenvalue weighted by atomic mass is 10.3. The van der Waals surface area contributed by atoms with E-state index in [1.54, 1.807) is 0 Å². The topological polar surface area (TPSA) is 47.7 Å². The Balaban J connectivity index is 1.74. The van der Waals surface area contributed by atoms with E-state index in [0.29, 0.717) is 0 Å². The number of nitrogens with one attached hydrogen (secondary N) is 1. The van der Waals surface area contributed by atoms with E-state index in [-0.39, 0.29) is 0 Å². The second-order valence-corrected chi connectivity index (χ2v) is 5.48. The molecule has 0 aliphatic heterocycles. The highest BCUT2D eigenvalue weighted by molar-refractivity contribution is 5.10. The molecule has 0 saturated carbocycles. The summed E-state index contributed by atoms with van der Waals surface area (Å²) in [4.78, 5) is 0. The molecule has 0 unspecified atom stereocenters. The predicted molar refractivity (Wildman–Crippen MR) is 85.3 cm³/mol. The molecule has 0 spiro atoms. The Bertz CT molecular complexity index is 567. The SMILES string of the molecule is CCc1cc(CNCCCn2nc(C)cc2C)n(CC)n1. The summed E-state index contributed by atoms with van der Waals surface area (Å²) in [7, 11) is 0. The Morgan fingerprint density at radius 1 is 1.10 bits per heavy atom. The predicted octanol–water partition coefficient (Wildman–Crippen LogP) is 2.46. The van der Waals surface area contributed by atoms with Crippen molar-refractivity contribution in [3.63, 3.8) is 0 Å². The van der Waals surface area contributed by atoms with Crippen molar-refractivity contribution in [1.29, 1.82) is 0 Å². The molecule has 21 heavy (non-hydrogen) atoms. The van der Waals surface area contributed by atoms with Crippen LogP contribution >= 0.6 is 0 Å². The average molecular weight is 289 g/mol. The van der Waals surface area contributed by atoms with E-state index in [1.165, 1.54) is 17.1 Å². The molecule has 0 radical (unpaired) electrons. The summed E-state index contributed by atoms with van der Waals surface area (Å²) < 4.78 is 4.18. The van der Waals surface area contributed by atoms with Crippen LogP contribution in [0.25, 0.3) is 0 Å². The van der Waals surface area contributed by atoms with Gasteiger partial charge in [0.25, 0.3) is 0 Å². The van der Waals surface area contributed by atoms with Gasteiger partial charge in [-0.15, -0.1) is 0 Å². The molecule has 5 heteroatoms. The van der Waals surface area contributed by atoms with Gasteiger partial charge in [-0.05, 0) is 52.3 Å². The number of hydrogen-bond donors (Lipinski definition) is 1. The number of hydrogen-bond acceptors (Lipinski definition) is 3. The maximum absolute atomic E-state index is 4.57. The van der Waals surface area contributed by atoms with Gasteiger partial charge in [-0.3, -0.25) is 9.36 Å². The van der Waals surface area contributed by atoms with Crippen molar-refractivity contribution >= 4 is 0 Å². The van der Waals surface area contributed by atoms with Crippen molar-refractivity contribution in [3.05, 3.63) is 34.9 Å². The standard InChI is InChI=1S/C16H27N5/c1-5-15-11-16(20(6-2)19-15)12-17-8-7-9-21-14(4)10-13(3)18-21/h10-11,17H,5-9,12H2,1-4H3. The van der Waals surface area contributed by atoms with Gasteiger partial charge in [0.2, 0.25) is 0 Å². The van der Waals surface area contributed by atoms with Gasteiger partial charge in [0.1, 0.15) is 0 Å². The molecule has 116 valence electrons. The van der Waals surface area contributed by atoms with E-state index in [9.17, 15) is 0 Å². The first-order valence-electron chi connectivity index (χ1n) is 7.91. The molecule has 1 N–H and O–H groups in total. The highest BCUT2D eigenvalue weighted by Gasteiger charge is 2.05. The first-order valence-corrected chi connectivity index (χ1v) is 7.91. The van der Waals surface area contributed by atoms with Gasteiger partial charge < -0.3 is 5.32 Å². The van der Waals surface area contributed by atoms with Crippen LogP contribution in [-0.4, -0.2) is 26.1 Å². The highest BCUT2D eigenvalue weighted by atomic mass is 15.3. The molecule has 0 aliphatic rings. The molecule has 2 aromatic rings. The van der Waals surface area contributed by atoms with E-state index in [1.807, 2.05) is 6.92 Å². The molecule has 0 atom stereocenters. The van der Waals surface area contributed by atoms with E-state index in [2.05, 4.69) is 57.8 Å². The van der Waals surface area contributed by atoms with E-state index >= 15 is 0 Å². The second-order valence-electron chi connectivity index (χ2n) is 5.48. The molecule has 2 aromatic heterocycles. The Labute approximate surface area is 127 Å². The Kier molecular flexibility index (Phi) is 5.56. The van der Waals surface area contributed by atoms with Crippen molar-refractivity contribution < 1.29 is 0 Å². The fraction of sp³-hybridized carbons (Fsp3) is 0.625. The summed E-state index contributed by atoms with van der Waals surface area (Å²) in [6, 6.07) is 4.33. The molecule has 2 rings (SSSR count). The van der Waals surface area contributed by atoms with Gasteiger partial charge in [-0.1, -0.05) is 6.92 Å². The summed E-state index contributed by atoms with van der Waals surface area (Å²) in [6.07, 6.45) is 2.08. The minimum atomic E-state index is 0.887. The van der Waals surface area contributed by atoms with Crippen LogP contribution in [0.2, 0.25) is 0 Å². The first kappa shape index (κ1) is 15.8. The van der Waals surface area contributed by atoms with Gasteiger partial charge in [0.05, 0.1) is 17.1 Å². The summed E-state index contributed by atoms with van der Waals surface area (Å²) in [5.74, 6) is 0. The number of rotatable bonds is 8. The fourth-order valence-corrected chi connectivity index (χ4v) is 2.58. The summed E-state index contributed by atoms with van der Waals surface area (Å²) in [5.41, 5.74) is 4.79. The van der Waals surface area contributed by atoms with Gasteiger partial charge in [0, 0.05) is 25.3 Å². The molecule has 5 nitrogen and oxygen atoms in total. The summed E-state index contributed by atoms with van der Waals surface area (Å²) >= 11 is 0. The molecule has 0 fully saturated rings. The Morgan fingerprint density at radius 2 is 1.90 bits per heavy atom. The van der Waals surface area contributed by atoms with Crippen LogP contribution < -0.4 is 5.32 Å². The molecule has 0 amide bonds. The lowest BCUT2D eigenvalue weighted by Crippen LogP contribution is -2.19. The quantitative estimate of drug-likeness (QED) is 0.759. The largest absolute Gasteiger partial charge is 0.311 e. The zero-order valence-electron chi connectivity index (χ0n) is 13.7. The van der Waals surface area contributed by atoms with Crippen molar-refractivity contribution in [3.8, 4) is 0 Å². The van der Waals surface area contributed by atoms with E-state index < -0.39 is 0 Å². The van der Waals surface area contributed by atoms with Crippen molar-refractivity contribution in [1.82, 2.24) is 24.9 Å². The van der Waals surface area contributed by atoms with Gasteiger partial charge in [0.15, 0.2) is 0 Å². The van der Waals surface area contributed by atoms with Crippen molar-refractivity contribution in [2.75, 3.05) is 6.54 Å². The highest BCUT2D eigenvalue weighted by Crippen LogP contribution is 2.06. The van der Waals surface area contributed by atoms with E-state index in [0.717, 1.165) is 44.7 Å². The molecule has 0 aliphatic carbocycles. The number of aromatic nitrogens is 4. The number of nitrogens with zero attached hydrogens (tertiary/aromatic N) is 4. The van der Waals surface area contributed by atoms with Gasteiger partial charge >= 0.3 is 0 Å². The van der Waals surface area contributed by atoms with Crippen LogP contribution in [0, 0.1) is 13.8 Å². The Hall–Kier alpha value is -1.62. The molecule has 2 heterocycles. The lowest BCUT2D eigenvalue weighted by molar-refractivity contribution is 0.519. The van der Waals surface area contributed by atoms with Crippen LogP contribution in [0.1, 0.15) is 43.0 Å². The fourth-order valence-electron chi connectivity index (χ4n) is 2.58. The number of aryl methyl sites for hydroxylation is 5. The minimum Gasteiger partial charge on any atom is -0.311 e. The summed E-state index contributed by atoms with van der Waals surface area (Å²) in [5, 5.41) is 12.6. The molecule has 0 bridgehead atoms. The third kappa shape index (κ3) is 4.17. The zero-order chi connectivity index (χ0) is 15.2. The van der Waals surface area contributed by atoms with Gasteiger partial charge in [-0.25, -0.2) is 0 Å². The molecular formula is C16H27N5. The smallest absolute Gasteiger partial charge is 0.0625 e. The molecule has 0 saturated heterocycles. The summed E-state index contributed by atoms with van der Waals surface area (Å²) in [6.45, 7) is 12.2. The van der Waals surface area contributed by atoms with Crippen LogP contribution in [0.5, 0.6) is 0 Å². The third-order valence-corrected chi connectivity index (χ3v) is 3.71. The zero-order valence-corrected chi connectivity index (χ0v) is 13.7. The normalized spacial score (nSPS) is 11.2. The maximum Gasteiger partial charge on any atom is 0.0625 e. The molecule has 0 aromatic carbocycles. The second kappa shape index (κ2) is 7.41. The first-order chi connectivity index (χ1) is 10.1. The van der Waals surface area contributed by atoms with Crippen molar-refractivity contribution in [2.45, 2.75) is 60.2 Å². The monoisotopic (exact) mass is 289 g/mol. The van der Waals surface area contributed by atoms with Crippen LogP contribution in [0.3, 0.4) is 0 Å². The maximum atomic E-state index is 4.57. The minimum absolute atomic E-state index is 0.887. The van der Waals surface area contributed by atoms with E-state index in [4.69, 9.17) is 0 Å². The van der Waals surface area contributed by atoms with Crippen molar-refractivity contribution in [2.24, 2.45) is 0 Å². The average Bonchev–Trinajstić information content (AvgIpc) is 3.01. The lowest BCUT2D eigenvalue weighted by Gasteiger charge is -2.07.